The highest BCUT2D eigenvalue weighted by atomic mass is 16.3. The van der Waals surface area contributed by atoms with Crippen molar-refractivity contribution in [3.05, 3.63) is 24.2 Å². The molecule has 1 aromatic heterocycles. The maximum Gasteiger partial charge on any atom is 0.216 e. The highest BCUT2D eigenvalue weighted by Gasteiger charge is 2.05. The van der Waals surface area contributed by atoms with E-state index >= 15 is 0 Å². The Kier molecular flexibility index (Phi) is 4.19. The Balaban J connectivity index is 2.16. The van der Waals surface area contributed by atoms with E-state index in [1.807, 2.05) is 19.1 Å². The lowest BCUT2D eigenvalue weighted by atomic mass is 10.2. The van der Waals surface area contributed by atoms with E-state index in [9.17, 15) is 4.79 Å². The summed E-state index contributed by atoms with van der Waals surface area (Å²) in [5, 5.41) is 5.95. The van der Waals surface area contributed by atoms with Crippen LogP contribution in [0.1, 0.15) is 25.6 Å². The average molecular weight is 196 g/mol. The molecule has 0 radical (unpaired) electrons. The molecule has 4 nitrogen and oxygen atoms in total. The zero-order chi connectivity index (χ0) is 10.4. The quantitative estimate of drug-likeness (QED) is 0.692. The molecule has 0 bridgehead atoms. The molecule has 0 unspecified atom stereocenters. The molecule has 1 amide bonds. The van der Waals surface area contributed by atoms with Crippen molar-refractivity contribution in [3.8, 4) is 0 Å². The average Bonchev–Trinajstić information content (AvgIpc) is 2.64. The number of carbonyl (C=O) groups excluding carboxylic acids is 1. The van der Waals surface area contributed by atoms with E-state index in [1.165, 1.54) is 6.92 Å². The SMILES string of the molecule is CC(=O)NCCN[C@@H](C)c1ccco1. The van der Waals surface area contributed by atoms with Crippen LogP contribution in [0.5, 0.6) is 0 Å². The fourth-order valence-corrected chi connectivity index (χ4v) is 1.17. The van der Waals surface area contributed by atoms with Gasteiger partial charge in [0.05, 0.1) is 12.3 Å². The molecule has 78 valence electrons. The molecule has 0 saturated heterocycles. The maximum absolute atomic E-state index is 10.6. The van der Waals surface area contributed by atoms with Gasteiger partial charge in [-0.25, -0.2) is 0 Å². The zero-order valence-electron chi connectivity index (χ0n) is 8.54. The Morgan fingerprint density at radius 1 is 1.57 bits per heavy atom. The predicted molar refractivity (Wildman–Crippen MR) is 53.8 cm³/mol. The summed E-state index contributed by atoms with van der Waals surface area (Å²) < 4.78 is 5.22. The van der Waals surface area contributed by atoms with Gasteiger partial charge in [0.25, 0.3) is 0 Å². The van der Waals surface area contributed by atoms with Gasteiger partial charge in [0.1, 0.15) is 5.76 Å². The van der Waals surface area contributed by atoms with Crippen molar-refractivity contribution >= 4 is 5.91 Å². The molecule has 0 aromatic carbocycles. The molecule has 0 aliphatic heterocycles. The first-order valence-corrected chi connectivity index (χ1v) is 4.71. The summed E-state index contributed by atoms with van der Waals surface area (Å²) >= 11 is 0. The van der Waals surface area contributed by atoms with E-state index in [0.717, 1.165) is 12.3 Å². The van der Waals surface area contributed by atoms with E-state index in [-0.39, 0.29) is 11.9 Å². The summed E-state index contributed by atoms with van der Waals surface area (Å²) in [7, 11) is 0. The molecule has 0 aliphatic carbocycles. The van der Waals surface area contributed by atoms with Crippen molar-refractivity contribution in [1.82, 2.24) is 10.6 Å². The molecule has 0 saturated carbocycles. The van der Waals surface area contributed by atoms with E-state index in [1.54, 1.807) is 6.26 Å². The minimum absolute atomic E-state index is 0.00236. The second-order valence-electron chi connectivity index (χ2n) is 3.17. The fourth-order valence-electron chi connectivity index (χ4n) is 1.17. The van der Waals surface area contributed by atoms with Crippen molar-refractivity contribution in [2.45, 2.75) is 19.9 Å². The van der Waals surface area contributed by atoms with Crippen LogP contribution in [0.25, 0.3) is 0 Å². The van der Waals surface area contributed by atoms with Gasteiger partial charge >= 0.3 is 0 Å². The zero-order valence-corrected chi connectivity index (χ0v) is 8.54. The van der Waals surface area contributed by atoms with Crippen LogP contribution in [-0.4, -0.2) is 19.0 Å². The molecule has 0 aliphatic rings. The number of carbonyl (C=O) groups is 1. The third kappa shape index (κ3) is 3.62. The van der Waals surface area contributed by atoms with E-state index in [4.69, 9.17) is 4.42 Å². The molecular weight excluding hydrogens is 180 g/mol. The second-order valence-corrected chi connectivity index (χ2v) is 3.17. The topological polar surface area (TPSA) is 54.3 Å². The maximum atomic E-state index is 10.6. The summed E-state index contributed by atoms with van der Waals surface area (Å²) in [6, 6.07) is 3.97. The third-order valence-corrected chi connectivity index (χ3v) is 1.92. The standard InChI is InChI=1S/C10H16N2O2/c1-8(10-4-3-7-14-10)11-5-6-12-9(2)13/h3-4,7-8,11H,5-6H2,1-2H3,(H,12,13)/t8-/m0/s1. The molecule has 14 heavy (non-hydrogen) atoms. The van der Waals surface area contributed by atoms with Gasteiger partial charge in [0, 0.05) is 20.0 Å². The van der Waals surface area contributed by atoms with E-state index < -0.39 is 0 Å². The molecule has 2 N–H and O–H groups in total. The summed E-state index contributed by atoms with van der Waals surface area (Å²) in [6.07, 6.45) is 1.65. The van der Waals surface area contributed by atoms with Gasteiger partial charge in [0.15, 0.2) is 0 Å². The van der Waals surface area contributed by atoms with Crippen LogP contribution < -0.4 is 10.6 Å². The van der Waals surface area contributed by atoms with Crippen LogP contribution in [-0.2, 0) is 4.79 Å². The lowest BCUT2D eigenvalue weighted by molar-refractivity contribution is -0.118. The number of hydrogen-bond donors (Lipinski definition) is 2. The Labute approximate surface area is 83.7 Å². The number of furan rings is 1. The molecule has 4 heteroatoms. The smallest absolute Gasteiger partial charge is 0.216 e. The van der Waals surface area contributed by atoms with Gasteiger partial charge in [-0.1, -0.05) is 0 Å². The number of hydrogen-bond acceptors (Lipinski definition) is 3. The summed E-state index contributed by atoms with van der Waals surface area (Å²) in [6.45, 7) is 4.91. The molecule has 1 heterocycles. The number of nitrogens with one attached hydrogen (secondary N) is 2. The molecule has 1 atom stereocenters. The minimum Gasteiger partial charge on any atom is -0.468 e. The molecule has 1 rings (SSSR count). The Bertz CT molecular complexity index is 270. The van der Waals surface area contributed by atoms with Crippen molar-refractivity contribution in [2.75, 3.05) is 13.1 Å². The second kappa shape index (κ2) is 5.44. The van der Waals surface area contributed by atoms with Crippen LogP contribution in [0.2, 0.25) is 0 Å². The Morgan fingerprint density at radius 2 is 2.36 bits per heavy atom. The van der Waals surface area contributed by atoms with Crippen molar-refractivity contribution < 1.29 is 9.21 Å². The predicted octanol–water partition coefficient (Wildman–Crippen LogP) is 1.07. The molecular formula is C10H16N2O2. The van der Waals surface area contributed by atoms with E-state index in [0.29, 0.717) is 6.54 Å². The molecule has 1 aromatic rings. The van der Waals surface area contributed by atoms with Gasteiger partial charge in [-0.15, -0.1) is 0 Å². The van der Waals surface area contributed by atoms with Gasteiger partial charge < -0.3 is 15.1 Å². The lowest BCUT2D eigenvalue weighted by Gasteiger charge is -2.10. The number of rotatable bonds is 5. The van der Waals surface area contributed by atoms with Crippen LogP contribution >= 0.6 is 0 Å². The van der Waals surface area contributed by atoms with Gasteiger partial charge in [0.2, 0.25) is 5.91 Å². The number of amides is 1. The van der Waals surface area contributed by atoms with Crippen LogP contribution in [0.3, 0.4) is 0 Å². The largest absolute Gasteiger partial charge is 0.468 e. The monoisotopic (exact) mass is 196 g/mol. The van der Waals surface area contributed by atoms with Crippen LogP contribution in [0, 0.1) is 0 Å². The van der Waals surface area contributed by atoms with E-state index in [2.05, 4.69) is 10.6 Å². The van der Waals surface area contributed by atoms with Gasteiger partial charge in [-0.2, -0.15) is 0 Å². The normalized spacial score (nSPS) is 12.4. The highest BCUT2D eigenvalue weighted by Crippen LogP contribution is 2.11. The first-order chi connectivity index (χ1) is 6.70. The van der Waals surface area contributed by atoms with Crippen LogP contribution in [0.15, 0.2) is 22.8 Å². The summed E-state index contributed by atoms with van der Waals surface area (Å²) in [4.78, 5) is 10.6. The van der Waals surface area contributed by atoms with Crippen molar-refractivity contribution in [1.29, 1.82) is 0 Å². The van der Waals surface area contributed by atoms with Crippen molar-refractivity contribution in [3.63, 3.8) is 0 Å². The third-order valence-electron chi connectivity index (χ3n) is 1.92. The first kappa shape index (κ1) is 10.8. The summed E-state index contributed by atoms with van der Waals surface area (Å²) in [5.41, 5.74) is 0. The highest BCUT2D eigenvalue weighted by molar-refractivity contribution is 5.72. The van der Waals surface area contributed by atoms with Gasteiger partial charge in [-0.05, 0) is 19.1 Å². The lowest BCUT2D eigenvalue weighted by Crippen LogP contribution is -2.31. The fraction of sp³-hybridized carbons (Fsp3) is 0.500. The molecule has 0 spiro atoms. The first-order valence-electron chi connectivity index (χ1n) is 4.71. The van der Waals surface area contributed by atoms with Crippen LogP contribution in [0.4, 0.5) is 0 Å². The molecule has 0 fully saturated rings. The minimum atomic E-state index is -0.00236. The van der Waals surface area contributed by atoms with Gasteiger partial charge in [-0.3, -0.25) is 4.79 Å². The Morgan fingerprint density at radius 3 is 2.93 bits per heavy atom. The Hall–Kier alpha value is -1.29. The summed E-state index contributed by atoms with van der Waals surface area (Å²) in [5.74, 6) is 0.908. The van der Waals surface area contributed by atoms with Crippen molar-refractivity contribution in [2.24, 2.45) is 0 Å².